The zero-order valence-electron chi connectivity index (χ0n) is 19.3. The Morgan fingerprint density at radius 3 is 2.71 bits per heavy atom. The molecular formula is C25H27N5O4. The summed E-state index contributed by atoms with van der Waals surface area (Å²) in [5.74, 6) is -0.586. The standard InChI is InChI=1S/C25H27N5O4/c1-3-29-15-18(20(31)17-14-26-24(27-21(17)29)30-12-6-7-13-30)22(32)28-25(23(33)34-2)11-10-16-8-4-5-9-19(16)25/h4-5,8-9,14-15H,3,6-7,10-13H2,1-2H3,(H,28,32). The molecule has 34 heavy (non-hydrogen) atoms. The Hall–Kier alpha value is -3.75. The van der Waals surface area contributed by atoms with E-state index in [4.69, 9.17) is 4.74 Å². The number of nitrogens with one attached hydrogen (secondary N) is 1. The number of rotatable bonds is 5. The molecule has 0 saturated carbocycles. The normalized spacial score (nSPS) is 19.3. The molecule has 2 aromatic heterocycles. The highest BCUT2D eigenvalue weighted by molar-refractivity contribution is 6.00. The van der Waals surface area contributed by atoms with Crippen LogP contribution in [0.2, 0.25) is 0 Å². The molecule has 176 valence electrons. The number of hydrogen-bond donors (Lipinski definition) is 1. The number of esters is 1. The summed E-state index contributed by atoms with van der Waals surface area (Å²) in [7, 11) is 1.30. The van der Waals surface area contributed by atoms with Gasteiger partial charge < -0.3 is 19.5 Å². The maximum atomic E-state index is 13.5. The number of aromatic nitrogens is 3. The van der Waals surface area contributed by atoms with Crippen molar-refractivity contribution in [1.82, 2.24) is 19.9 Å². The monoisotopic (exact) mass is 461 g/mol. The molecule has 3 heterocycles. The van der Waals surface area contributed by atoms with Crippen LogP contribution in [0.4, 0.5) is 5.95 Å². The first-order valence-corrected chi connectivity index (χ1v) is 11.6. The Morgan fingerprint density at radius 2 is 1.97 bits per heavy atom. The van der Waals surface area contributed by atoms with Gasteiger partial charge in [0, 0.05) is 32.0 Å². The number of pyridine rings is 1. The maximum Gasteiger partial charge on any atom is 0.336 e. The smallest absolute Gasteiger partial charge is 0.336 e. The van der Waals surface area contributed by atoms with Gasteiger partial charge in [0.1, 0.15) is 11.2 Å². The fraction of sp³-hybridized carbons (Fsp3) is 0.400. The largest absolute Gasteiger partial charge is 0.467 e. The summed E-state index contributed by atoms with van der Waals surface area (Å²) in [6.45, 7) is 4.21. The van der Waals surface area contributed by atoms with E-state index in [-0.39, 0.29) is 10.9 Å². The van der Waals surface area contributed by atoms with E-state index >= 15 is 0 Å². The lowest BCUT2D eigenvalue weighted by Gasteiger charge is -2.28. The van der Waals surface area contributed by atoms with Crippen molar-refractivity contribution in [3.63, 3.8) is 0 Å². The number of benzene rings is 1. The topological polar surface area (TPSA) is 106 Å². The van der Waals surface area contributed by atoms with E-state index in [0.717, 1.165) is 31.5 Å². The first kappa shape index (κ1) is 22.1. The third-order valence-electron chi connectivity index (χ3n) is 6.88. The third-order valence-corrected chi connectivity index (χ3v) is 6.88. The first-order valence-electron chi connectivity index (χ1n) is 11.6. The molecule has 0 radical (unpaired) electrons. The highest BCUT2D eigenvalue weighted by atomic mass is 16.5. The Balaban J connectivity index is 1.56. The number of fused-ring (bicyclic) bond motifs is 2. The van der Waals surface area contributed by atoms with Crippen LogP contribution in [0, 0.1) is 0 Å². The minimum Gasteiger partial charge on any atom is -0.467 e. The number of carbonyl (C=O) groups is 2. The lowest BCUT2D eigenvalue weighted by Crippen LogP contribution is -2.51. The van der Waals surface area contributed by atoms with Gasteiger partial charge in [-0.3, -0.25) is 9.59 Å². The summed E-state index contributed by atoms with van der Waals surface area (Å²) in [6.07, 6.45) is 6.19. The number of anilines is 1. The van der Waals surface area contributed by atoms with Crippen molar-refractivity contribution in [2.24, 2.45) is 0 Å². The molecule has 1 aromatic carbocycles. The van der Waals surface area contributed by atoms with Gasteiger partial charge in [-0.15, -0.1) is 0 Å². The van der Waals surface area contributed by atoms with Crippen molar-refractivity contribution >= 4 is 28.9 Å². The minimum absolute atomic E-state index is 0.0560. The van der Waals surface area contributed by atoms with Gasteiger partial charge in [0.25, 0.3) is 5.91 Å². The SMILES string of the molecule is CCn1cc(C(=O)NC2(C(=O)OC)CCc3ccccc32)c(=O)c2cnc(N3CCCC3)nc21. The fourth-order valence-corrected chi connectivity index (χ4v) is 5.08. The lowest BCUT2D eigenvalue weighted by molar-refractivity contribution is -0.148. The molecule has 3 aromatic rings. The molecule has 2 aliphatic rings. The van der Waals surface area contributed by atoms with Crippen LogP contribution >= 0.6 is 0 Å². The van der Waals surface area contributed by atoms with E-state index < -0.39 is 22.8 Å². The van der Waals surface area contributed by atoms with Crippen molar-refractivity contribution < 1.29 is 14.3 Å². The number of hydrogen-bond acceptors (Lipinski definition) is 7. The molecule has 1 aliphatic heterocycles. The number of ether oxygens (including phenoxy) is 1. The van der Waals surface area contributed by atoms with Crippen LogP contribution in [0.1, 0.15) is 47.7 Å². The second-order valence-corrected chi connectivity index (χ2v) is 8.77. The number of methoxy groups -OCH3 is 1. The van der Waals surface area contributed by atoms with E-state index in [1.54, 1.807) is 4.57 Å². The molecule has 1 saturated heterocycles. The van der Waals surface area contributed by atoms with Crippen LogP contribution in [-0.2, 0) is 28.0 Å². The van der Waals surface area contributed by atoms with Gasteiger partial charge in [-0.25, -0.2) is 9.78 Å². The van der Waals surface area contributed by atoms with Crippen LogP contribution in [0.3, 0.4) is 0 Å². The molecule has 0 spiro atoms. The summed E-state index contributed by atoms with van der Waals surface area (Å²) in [5, 5.41) is 3.13. The molecule has 1 N–H and O–H groups in total. The first-order chi connectivity index (χ1) is 16.5. The molecule has 1 atom stereocenters. The van der Waals surface area contributed by atoms with Crippen molar-refractivity contribution in [3.05, 3.63) is 63.6 Å². The van der Waals surface area contributed by atoms with Crippen molar-refractivity contribution in [2.45, 2.75) is 44.7 Å². The van der Waals surface area contributed by atoms with E-state index in [0.29, 0.717) is 36.5 Å². The third kappa shape index (κ3) is 3.43. The van der Waals surface area contributed by atoms with Crippen molar-refractivity contribution in [3.8, 4) is 0 Å². The molecule has 1 unspecified atom stereocenters. The van der Waals surface area contributed by atoms with Gasteiger partial charge in [0.05, 0.1) is 12.5 Å². The molecule has 5 rings (SSSR count). The lowest BCUT2D eigenvalue weighted by atomic mass is 9.91. The van der Waals surface area contributed by atoms with Crippen LogP contribution in [-0.4, -0.2) is 46.6 Å². The average molecular weight is 462 g/mol. The highest BCUT2D eigenvalue weighted by Crippen LogP contribution is 2.38. The van der Waals surface area contributed by atoms with Gasteiger partial charge >= 0.3 is 5.97 Å². The Labute approximate surface area is 196 Å². The predicted molar refractivity (Wildman–Crippen MR) is 127 cm³/mol. The van der Waals surface area contributed by atoms with Crippen LogP contribution in [0.5, 0.6) is 0 Å². The Bertz CT molecular complexity index is 1340. The summed E-state index contributed by atoms with van der Waals surface area (Å²) < 4.78 is 6.85. The second kappa shape index (κ2) is 8.55. The van der Waals surface area contributed by atoms with Crippen molar-refractivity contribution in [2.75, 3.05) is 25.1 Å². The van der Waals surface area contributed by atoms with Crippen LogP contribution < -0.4 is 15.6 Å². The zero-order valence-corrected chi connectivity index (χ0v) is 19.3. The fourth-order valence-electron chi connectivity index (χ4n) is 5.08. The number of nitrogens with zero attached hydrogens (tertiary/aromatic N) is 4. The summed E-state index contributed by atoms with van der Waals surface area (Å²) in [4.78, 5) is 50.9. The molecule has 9 nitrogen and oxygen atoms in total. The molecular weight excluding hydrogens is 434 g/mol. The summed E-state index contributed by atoms with van der Waals surface area (Å²) in [5.41, 5.74) is 0.313. The van der Waals surface area contributed by atoms with Gasteiger partial charge in [-0.05, 0) is 43.7 Å². The minimum atomic E-state index is -1.34. The van der Waals surface area contributed by atoms with Crippen molar-refractivity contribution in [1.29, 1.82) is 0 Å². The van der Waals surface area contributed by atoms with E-state index in [1.165, 1.54) is 19.5 Å². The Morgan fingerprint density at radius 1 is 1.21 bits per heavy atom. The summed E-state index contributed by atoms with van der Waals surface area (Å²) >= 11 is 0. The summed E-state index contributed by atoms with van der Waals surface area (Å²) in [6, 6.07) is 7.47. The zero-order chi connectivity index (χ0) is 23.9. The molecule has 9 heteroatoms. The Kier molecular flexibility index (Phi) is 5.55. The van der Waals surface area contributed by atoms with E-state index in [9.17, 15) is 14.4 Å². The molecule has 1 aliphatic carbocycles. The van der Waals surface area contributed by atoms with E-state index in [2.05, 4.69) is 20.2 Å². The average Bonchev–Trinajstić information content (AvgIpc) is 3.53. The predicted octanol–water partition coefficient (Wildman–Crippen LogP) is 2.16. The van der Waals surface area contributed by atoms with Gasteiger partial charge in [-0.2, -0.15) is 4.98 Å². The molecule has 1 fully saturated rings. The van der Waals surface area contributed by atoms with Gasteiger partial charge in [-0.1, -0.05) is 24.3 Å². The van der Waals surface area contributed by atoms with Gasteiger partial charge in [0.15, 0.2) is 5.54 Å². The number of aryl methyl sites for hydroxylation is 2. The maximum absolute atomic E-state index is 13.5. The molecule has 1 amide bonds. The quantitative estimate of drug-likeness (QED) is 0.580. The highest BCUT2D eigenvalue weighted by Gasteiger charge is 2.48. The van der Waals surface area contributed by atoms with Gasteiger partial charge in [0.2, 0.25) is 11.4 Å². The van der Waals surface area contributed by atoms with E-state index in [1.807, 2.05) is 31.2 Å². The van der Waals surface area contributed by atoms with Crippen LogP contribution in [0.15, 0.2) is 41.5 Å². The number of amides is 1. The second-order valence-electron chi connectivity index (χ2n) is 8.77. The molecule has 0 bridgehead atoms. The number of carbonyl (C=O) groups excluding carboxylic acids is 2. The van der Waals surface area contributed by atoms with Crippen LogP contribution in [0.25, 0.3) is 11.0 Å².